The monoisotopic (exact) mass is 575 g/mol. The number of pyridine rings is 1. The number of alkyl halides is 6. The lowest BCUT2D eigenvalue weighted by Gasteiger charge is -2.34. The SMILES string of the molecule is O=C(O)C(F)(F)F.O=C(O)C(F)(F)F.c1ccc(Nc2ccnc(C3COCCN3Cc3ccncc3)n2)cc1. The van der Waals surface area contributed by atoms with Crippen LogP contribution in [0.5, 0.6) is 0 Å². The molecule has 0 amide bonds. The van der Waals surface area contributed by atoms with Gasteiger partial charge in [0.2, 0.25) is 0 Å². The maximum absolute atomic E-state index is 10.6. The molecule has 0 saturated carbocycles. The molecular weight excluding hydrogens is 552 g/mol. The Kier molecular flexibility index (Phi) is 11.8. The molecule has 0 bridgehead atoms. The quantitative estimate of drug-likeness (QED) is 0.374. The molecule has 2 aromatic heterocycles. The zero-order valence-corrected chi connectivity index (χ0v) is 20.4. The number of carbonyl (C=O) groups is 2. The molecule has 0 radical (unpaired) electrons. The molecule has 4 rings (SSSR count). The fourth-order valence-corrected chi connectivity index (χ4v) is 3.06. The summed E-state index contributed by atoms with van der Waals surface area (Å²) in [6.07, 6.45) is -4.72. The summed E-state index contributed by atoms with van der Waals surface area (Å²) in [6.45, 7) is 3.01. The summed E-state index contributed by atoms with van der Waals surface area (Å²) in [4.78, 5) is 33.5. The molecule has 216 valence electrons. The molecule has 10 nitrogen and oxygen atoms in total. The van der Waals surface area contributed by atoms with Crippen molar-refractivity contribution in [2.24, 2.45) is 0 Å². The van der Waals surface area contributed by atoms with Crippen LogP contribution in [0.1, 0.15) is 17.4 Å². The summed E-state index contributed by atoms with van der Waals surface area (Å²) < 4.78 is 69.2. The third-order valence-electron chi connectivity index (χ3n) is 4.88. The van der Waals surface area contributed by atoms with E-state index in [0.29, 0.717) is 6.61 Å². The predicted octanol–water partition coefficient (Wildman–Crippen LogP) is 4.46. The maximum atomic E-state index is 10.6. The van der Waals surface area contributed by atoms with Gasteiger partial charge in [0.1, 0.15) is 11.6 Å². The van der Waals surface area contributed by atoms with Crippen LogP contribution in [0.3, 0.4) is 0 Å². The molecule has 1 unspecified atom stereocenters. The first-order valence-corrected chi connectivity index (χ1v) is 11.2. The van der Waals surface area contributed by atoms with E-state index < -0.39 is 24.3 Å². The van der Waals surface area contributed by atoms with E-state index in [1.54, 1.807) is 6.20 Å². The number of carboxylic acid groups (broad SMARTS) is 2. The number of aromatic nitrogens is 3. The summed E-state index contributed by atoms with van der Waals surface area (Å²) >= 11 is 0. The van der Waals surface area contributed by atoms with E-state index in [2.05, 4.69) is 20.2 Å². The number of rotatable bonds is 5. The van der Waals surface area contributed by atoms with Crippen molar-refractivity contribution in [3.05, 3.63) is 78.5 Å². The minimum atomic E-state index is -5.08. The van der Waals surface area contributed by atoms with E-state index in [0.717, 1.165) is 37.0 Å². The van der Waals surface area contributed by atoms with Gasteiger partial charge in [0.15, 0.2) is 0 Å². The molecule has 1 fully saturated rings. The zero-order chi connectivity index (χ0) is 29.8. The Balaban J connectivity index is 0.000000333. The van der Waals surface area contributed by atoms with Crippen molar-refractivity contribution in [2.75, 3.05) is 25.1 Å². The van der Waals surface area contributed by atoms with E-state index in [9.17, 15) is 26.3 Å². The lowest BCUT2D eigenvalue weighted by Crippen LogP contribution is -2.39. The minimum Gasteiger partial charge on any atom is -0.475 e. The average Bonchev–Trinajstić information content (AvgIpc) is 2.90. The van der Waals surface area contributed by atoms with E-state index in [4.69, 9.17) is 29.5 Å². The van der Waals surface area contributed by atoms with Gasteiger partial charge in [-0.15, -0.1) is 0 Å². The van der Waals surface area contributed by atoms with Gasteiger partial charge in [-0.05, 0) is 35.9 Å². The Hall–Kier alpha value is -4.31. The molecule has 1 saturated heterocycles. The van der Waals surface area contributed by atoms with Crippen LogP contribution < -0.4 is 5.32 Å². The van der Waals surface area contributed by atoms with Crippen LogP contribution in [-0.4, -0.2) is 74.1 Å². The zero-order valence-electron chi connectivity index (χ0n) is 20.4. The van der Waals surface area contributed by atoms with E-state index in [1.807, 2.05) is 60.9 Å². The number of nitrogens with one attached hydrogen (secondary N) is 1. The average molecular weight is 575 g/mol. The fraction of sp³-hybridized carbons (Fsp3) is 0.292. The van der Waals surface area contributed by atoms with Crippen LogP contribution in [0.2, 0.25) is 0 Å². The fourth-order valence-electron chi connectivity index (χ4n) is 3.06. The van der Waals surface area contributed by atoms with Gasteiger partial charge in [-0.25, -0.2) is 19.6 Å². The topological polar surface area (TPSA) is 138 Å². The molecule has 3 N–H and O–H groups in total. The standard InChI is InChI=1S/C20H21N5O.2C2HF3O2/c1-2-4-17(5-3-1)23-19-8-11-22-20(24-19)18-15-26-13-12-25(18)14-16-6-9-21-10-7-16;2*3-2(4,5)1(6)7/h1-11,18H,12-15H2,(H,22,23,24);2*(H,6,7). The first kappa shape index (κ1) is 31.9. The summed E-state index contributed by atoms with van der Waals surface area (Å²) in [7, 11) is 0. The summed E-state index contributed by atoms with van der Waals surface area (Å²) in [5.74, 6) is -3.95. The summed E-state index contributed by atoms with van der Waals surface area (Å²) in [5.41, 5.74) is 2.23. The Morgan fingerprint density at radius 3 is 2.05 bits per heavy atom. The lowest BCUT2D eigenvalue weighted by molar-refractivity contribution is -0.193. The molecule has 40 heavy (non-hydrogen) atoms. The number of benzene rings is 1. The third-order valence-corrected chi connectivity index (χ3v) is 4.88. The largest absolute Gasteiger partial charge is 0.490 e. The van der Waals surface area contributed by atoms with Crippen LogP contribution >= 0.6 is 0 Å². The number of carboxylic acids is 2. The van der Waals surface area contributed by atoms with Gasteiger partial charge in [-0.1, -0.05) is 18.2 Å². The van der Waals surface area contributed by atoms with Gasteiger partial charge in [-0.2, -0.15) is 26.3 Å². The van der Waals surface area contributed by atoms with Crippen molar-refractivity contribution >= 4 is 23.4 Å². The highest BCUT2D eigenvalue weighted by molar-refractivity contribution is 5.73. The van der Waals surface area contributed by atoms with Crippen LogP contribution in [0.4, 0.5) is 37.8 Å². The lowest BCUT2D eigenvalue weighted by atomic mass is 10.1. The van der Waals surface area contributed by atoms with Crippen molar-refractivity contribution in [3.8, 4) is 0 Å². The molecule has 0 aliphatic carbocycles. The van der Waals surface area contributed by atoms with Crippen molar-refractivity contribution < 1.29 is 50.9 Å². The number of nitrogens with zero attached hydrogens (tertiary/aromatic N) is 4. The van der Waals surface area contributed by atoms with Crippen molar-refractivity contribution in [3.63, 3.8) is 0 Å². The van der Waals surface area contributed by atoms with Crippen molar-refractivity contribution in [2.45, 2.75) is 24.9 Å². The number of hydrogen-bond acceptors (Lipinski definition) is 8. The predicted molar refractivity (Wildman–Crippen MR) is 127 cm³/mol. The van der Waals surface area contributed by atoms with Gasteiger partial charge in [0.05, 0.1) is 19.3 Å². The first-order valence-electron chi connectivity index (χ1n) is 11.2. The van der Waals surface area contributed by atoms with Gasteiger partial charge in [-0.3, -0.25) is 9.88 Å². The van der Waals surface area contributed by atoms with E-state index >= 15 is 0 Å². The Morgan fingerprint density at radius 2 is 1.50 bits per heavy atom. The van der Waals surface area contributed by atoms with Crippen LogP contribution in [0.25, 0.3) is 0 Å². The Morgan fingerprint density at radius 1 is 0.925 bits per heavy atom. The normalized spacial score (nSPS) is 15.5. The number of hydrogen-bond donors (Lipinski definition) is 3. The highest BCUT2D eigenvalue weighted by Gasteiger charge is 2.38. The van der Waals surface area contributed by atoms with Gasteiger partial charge >= 0.3 is 24.3 Å². The highest BCUT2D eigenvalue weighted by atomic mass is 19.4. The first-order chi connectivity index (χ1) is 18.8. The van der Waals surface area contributed by atoms with Crippen LogP contribution in [-0.2, 0) is 20.9 Å². The number of aliphatic carboxylic acids is 2. The molecule has 16 heteroatoms. The summed E-state index contributed by atoms with van der Waals surface area (Å²) in [6, 6.07) is 16.0. The highest BCUT2D eigenvalue weighted by Crippen LogP contribution is 2.25. The second-order valence-corrected chi connectivity index (χ2v) is 7.81. The number of halogens is 6. The number of morpholine rings is 1. The molecule has 3 heterocycles. The number of ether oxygens (including phenoxy) is 1. The number of para-hydroxylation sites is 1. The molecule has 1 atom stereocenters. The Labute approximate surface area is 223 Å². The molecule has 1 aromatic carbocycles. The van der Waals surface area contributed by atoms with E-state index in [-0.39, 0.29) is 6.04 Å². The maximum Gasteiger partial charge on any atom is 0.490 e. The third kappa shape index (κ3) is 11.2. The number of anilines is 2. The molecular formula is C24H23F6N5O5. The summed E-state index contributed by atoms with van der Waals surface area (Å²) in [5, 5.41) is 17.6. The van der Waals surface area contributed by atoms with Crippen molar-refractivity contribution in [1.29, 1.82) is 0 Å². The van der Waals surface area contributed by atoms with Gasteiger partial charge < -0.3 is 20.3 Å². The van der Waals surface area contributed by atoms with E-state index in [1.165, 1.54) is 5.56 Å². The van der Waals surface area contributed by atoms with Crippen LogP contribution in [0, 0.1) is 0 Å². The van der Waals surface area contributed by atoms with Crippen molar-refractivity contribution in [1.82, 2.24) is 19.9 Å². The molecule has 1 aliphatic rings. The molecule has 3 aromatic rings. The minimum absolute atomic E-state index is 0.0365. The molecule has 0 spiro atoms. The van der Waals surface area contributed by atoms with Gasteiger partial charge in [0.25, 0.3) is 0 Å². The van der Waals surface area contributed by atoms with Crippen LogP contribution in [0.15, 0.2) is 67.1 Å². The molecule has 1 aliphatic heterocycles. The Bertz CT molecular complexity index is 1190. The smallest absolute Gasteiger partial charge is 0.475 e. The van der Waals surface area contributed by atoms with Gasteiger partial charge in [0, 0.05) is 37.4 Å². The second-order valence-electron chi connectivity index (χ2n) is 7.81. The second kappa shape index (κ2) is 14.7.